The highest BCUT2D eigenvalue weighted by atomic mass is 19.1. The van der Waals surface area contributed by atoms with E-state index in [2.05, 4.69) is 5.32 Å². The van der Waals surface area contributed by atoms with Crippen molar-refractivity contribution in [2.45, 2.75) is 32.9 Å². The van der Waals surface area contributed by atoms with E-state index in [0.717, 1.165) is 0 Å². The summed E-state index contributed by atoms with van der Waals surface area (Å²) in [5.41, 5.74) is 6.32. The molecule has 3 N–H and O–H groups in total. The number of nitrogens with two attached hydrogens (primary N) is 1. The molecule has 1 rings (SSSR count). The highest BCUT2D eigenvalue weighted by molar-refractivity contribution is 5.78. The van der Waals surface area contributed by atoms with Gasteiger partial charge >= 0.3 is 0 Å². The molecule has 20 heavy (non-hydrogen) atoms. The number of nitrogens with one attached hydrogen (secondary N) is 1. The number of amides is 1. The first-order valence-corrected chi connectivity index (χ1v) is 6.97. The number of hydrogen-bond acceptors (Lipinski definition) is 3. The summed E-state index contributed by atoms with van der Waals surface area (Å²) in [6, 6.07) is 6.36. The predicted octanol–water partition coefficient (Wildman–Crippen LogP) is 1.67. The summed E-state index contributed by atoms with van der Waals surface area (Å²) in [5.74, 6) is -0.359. The number of rotatable bonds is 7. The maximum Gasteiger partial charge on any atom is 0.234 e. The number of halogens is 1. The Hall–Kier alpha value is -1.46. The van der Waals surface area contributed by atoms with Crippen molar-refractivity contribution in [3.8, 4) is 0 Å². The third-order valence-corrected chi connectivity index (χ3v) is 3.13. The Balaban J connectivity index is 2.85. The number of likely N-dealkylation sites (N-methyl/N-ethyl adjacent to an activating group) is 1. The number of carbonyl (C=O) groups excluding carboxylic acids is 1. The first-order valence-electron chi connectivity index (χ1n) is 6.97. The van der Waals surface area contributed by atoms with Crippen molar-refractivity contribution in [2.75, 3.05) is 19.6 Å². The van der Waals surface area contributed by atoms with Crippen LogP contribution in [0.3, 0.4) is 0 Å². The van der Waals surface area contributed by atoms with Crippen LogP contribution in [0.15, 0.2) is 24.3 Å². The van der Waals surface area contributed by atoms with Gasteiger partial charge in [-0.1, -0.05) is 25.1 Å². The fourth-order valence-electron chi connectivity index (χ4n) is 2.21. The van der Waals surface area contributed by atoms with Gasteiger partial charge in [-0.2, -0.15) is 0 Å². The van der Waals surface area contributed by atoms with Crippen molar-refractivity contribution >= 4 is 5.91 Å². The Kier molecular flexibility index (Phi) is 6.61. The van der Waals surface area contributed by atoms with Crippen molar-refractivity contribution in [3.05, 3.63) is 35.6 Å². The molecule has 0 bridgehead atoms. The van der Waals surface area contributed by atoms with E-state index in [1.54, 1.807) is 18.2 Å². The average molecular weight is 281 g/mol. The molecule has 0 aromatic heterocycles. The van der Waals surface area contributed by atoms with Gasteiger partial charge in [0.15, 0.2) is 0 Å². The molecule has 0 heterocycles. The zero-order valence-electron chi connectivity index (χ0n) is 12.4. The van der Waals surface area contributed by atoms with Crippen LogP contribution in [0.4, 0.5) is 4.39 Å². The van der Waals surface area contributed by atoms with Crippen LogP contribution in [0.2, 0.25) is 0 Å². The molecule has 5 heteroatoms. The van der Waals surface area contributed by atoms with Crippen molar-refractivity contribution in [1.29, 1.82) is 0 Å². The molecule has 1 aromatic carbocycles. The second-order valence-electron chi connectivity index (χ2n) is 5.06. The first kappa shape index (κ1) is 16.6. The molecule has 112 valence electrons. The monoisotopic (exact) mass is 281 g/mol. The maximum atomic E-state index is 13.9. The van der Waals surface area contributed by atoms with Gasteiger partial charge in [-0.05, 0) is 26.5 Å². The number of nitrogens with zero attached hydrogens (tertiary/aromatic N) is 1. The molecule has 1 amide bonds. The van der Waals surface area contributed by atoms with E-state index >= 15 is 0 Å². The van der Waals surface area contributed by atoms with Gasteiger partial charge in [-0.15, -0.1) is 0 Å². The van der Waals surface area contributed by atoms with Crippen molar-refractivity contribution < 1.29 is 9.18 Å². The van der Waals surface area contributed by atoms with Gasteiger partial charge in [0.1, 0.15) is 5.82 Å². The Morgan fingerprint density at radius 2 is 2.05 bits per heavy atom. The van der Waals surface area contributed by atoms with Crippen molar-refractivity contribution in [2.24, 2.45) is 5.73 Å². The van der Waals surface area contributed by atoms with E-state index < -0.39 is 0 Å². The molecule has 0 aliphatic carbocycles. The van der Waals surface area contributed by atoms with E-state index in [1.165, 1.54) is 6.07 Å². The fraction of sp³-hybridized carbons (Fsp3) is 0.533. The molecule has 1 aromatic rings. The minimum Gasteiger partial charge on any atom is -0.353 e. The molecule has 0 fully saturated rings. The molecular weight excluding hydrogens is 257 g/mol. The molecule has 0 aliphatic rings. The second kappa shape index (κ2) is 7.97. The van der Waals surface area contributed by atoms with E-state index in [4.69, 9.17) is 5.73 Å². The zero-order valence-corrected chi connectivity index (χ0v) is 12.4. The summed E-state index contributed by atoms with van der Waals surface area (Å²) in [5, 5.41) is 2.84. The van der Waals surface area contributed by atoms with Gasteiger partial charge in [-0.3, -0.25) is 9.69 Å². The Morgan fingerprint density at radius 1 is 1.40 bits per heavy atom. The SMILES string of the molecule is CCN(CC(=O)NC(C)C)C(CN)c1ccccc1F. The molecule has 4 nitrogen and oxygen atoms in total. The minimum absolute atomic E-state index is 0.0726. The van der Waals surface area contributed by atoms with E-state index in [9.17, 15) is 9.18 Å². The van der Waals surface area contributed by atoms with Crippen LogP contribution >= 0.6 is 0 Å². The zero-order chi connectivity index (χ0) is 15.1. The molecular formula is C15H24FN3O. The first-order chi connectivity index (χ1) is 9.49. The van der Waals surface area contributed by atoms with Crippen LogP contribution in [0.25, 0.3) is 0 Å². The lowest BCUT2D eigenvalue weighted by Gasteiger charge is -2.30. The van der Waals surface area contributed by atoms with Crippen LogP contribution in [0, 0.1) is 5.82 Å². The van der Waals surface area contributed by atoms with Crippen molar-refractivity contribution in [1.82, 2.24) is 10.2 Å². The predicted molar refractivity (Wildman–Crippen MR) is 78.7 cm³/mol. The van der Waals surface area contributed by atoms with Gasteiger partial charge in [0.05, 0.1) is 12.6 Å². The summed E-state index contributed by atoms with van der Waals surface area (Å²) < 4.78 is 13.9. The number of hydrogen-bond donors (Lipinski definition) is 2. The molecule has 0 saturated carbocycles. The Bertz CT molecular complexity index is 437. The Labute approximate surface area is 120 Å². The smallest absolute Gasteiger partial charge is 0.234 e. The van der Waals surface area contributed by atoms with Crippen LogP contribution in [-0.2, 0) is 4.79 Å². The quantitative estimate of drug-likeness (QED) is 0.799. The average Bonchev–Trinajstić information content (AvgIpc) is 2.39. The largest absolute Gasteiger partial charge is 0.353 e. The molecule has 0 radical (unpaired) electrons. The molecule has 1 unspecified atom stereocenters. The van der Waals surface area contributed by atoms with E-state index in [1.807, 2.05) is 25.7 Å². The molecule has 0 spiro atoms. The van der Waals surface area contributed by atoms with Crippen LogP contribution in [-0.4, -0.2) is 36.5 Å². The topological polar surface area (TPSA) is 58.4 Å². The van der Waals surface area contributed by atoms with Gasteiger partial charge < -0.3 is 11.1 Å². The minimum atomic E-state index is -0.292. The summed E-state index contributed by atoms with van der Waals surface area (Å²) in [7, 11) is 0. The van der Waals surface area contributed by atoms with E-state index in [0.29, 0.717) is 12.1 Å². The van der Waals surface area contributed by atoms with Crippen LogP contribution < -0.4 is 11.1 Å². The second-order valence-corrected chi connectivity index (χ2v) is 5.06. The standard InChI is InChI=1S/C15H24FN3O/c1-4-19(10-15(20)18-11(2)3)14(9-17)12-7-5-6-8-13(12)16/h5-8,11,14H,4,9-10,17H2,1-3H3,(H,18,20). The lowest BCUT2D eigenvalue weighted by molar-refractivity contribution is -0.123. The third kappa shape index (κ3) is 4.58. The van der Waals surface area contributed by atoms with Crippen LogP contribution in [0.1, 0.15) is 32.4 Å². The molecule has 1 atom stereocenters. The summed E-state index contributed by atoms with van der Waals surface area (Å²) >= 11 is 0. The lowest BCUT2D eigenvalue weighted by atomic mass is 10.0. The molecule has 0 aliphatic heterocycles. The highest BCUT2D eigenvalue weighted by Gasteiger charge is 2.22. The van der Waals surface area contributed by atoms with Gasteiger partial charge in [0, 0.05) is 18.2 Å². The maximum absolute atomic E-state index is 13.9. The summed E-state index contributed by atoms with van der Waals surface area (Å²) in [6.45, 7) is 6.86. The van der Waals surface area contributed by atoms with Crippen molar-refractivity contribution in [3.63, 3.8) is 0 Å². The van der Waals surface area contributed by atoms with Crippen LogP contribution in [0.5, 0.6) is 0 Å². The number of benzene rings is 1. The van der Waals surface area contributed by atoms with Gasteiger partial charge in [0.25, 0.3) is 0 Å². The van der Waals surface area contributed by atoms with E-state index in [-0.39, 0.29) is 36.9 Å². The molecule has 0 saturated heterocycles. The van der Waals surface area contributed by atoms with Gasteiger partial charge in [0.2, 0.25) is 5.91 Å². The summed E-state index contributed by atoms with van der Waals surface area (Å²) in [6.07, 6.45) is 0. The number of carbonyl (C=O) groups is 1. The normalized spacial score (nSPS) is 12.8. The van der Waals surface area contributed by atoms with Gasteiger partial charge in [-0.25, -0.2) is 4.39 Å². The lowest BCUT2D eigenvalue weighted by Crippen LogP contribution is -2.43. The third-order valence-electron chi connectivity index (χ3n) is 3.13. The fourth-order valence-corrected chi connectivity index (χ4v) is 2.21. The Morgan fingerprint density at radius 3 is 2.55 bits per heavy atom. The summed E-state index contributed by atoms with van der Waals surface area (Å²) in [4.78, 5) is 13.8. The highest BCUT2D eigenvalue weighted by Crippen LogP contribution is 2.21.